The number of rotatable bonds is 7. The molecule has 25 heavy (non-hydrogen) atoms. The predicted octanol–water partition coefficient (Wildman–Crippen LogP) is 3.99. The summed E-state index contributed by atoms with van der Waals surface area (Å²) >= 11 is 0. The molecule has 7 heteroatoms. The number of ether oxygens (including phenoxy) is 1. The molecule has 1 atom stereocenters. The summed E-state index contributed by atoms with van der Waals surface area (Å²) in [6, 6.07) is 0. The molecule has 0 bridgehead atoms. The van der Waals surface area contributed by atoms with Gasteiger partial charge in [0, 0.05) is 13.1 Å². The molecule has 0 aromatic carbocycles. The Balaban J connectivity index is 2.70. The van der Waals surface area contributed by atoms with Crippen LogP contribution in [0.2, 0.25) is 19.6 Å². The number of hydrogen-bond donors (Lipinski definition) is 0. The van der Waals surface area contributed by atoms with E-state index in [1.54, 1.807) is 4.68 Å². The fourth-order valence-corrected chi connectivity index (χ4v) is 2.28. The van der Waals surface area contributed by atoms with Crippen molar-refractivity contribution >= 4 is 14.3 Å². The molecule has 1 rings (SSSR count). The van der Waals surface area contributed by atoms with E-state index in [1.165, 1.54) is 12.3 Å². The minimum atomic E-state index is -1.50. The second kappa shape index (κ2) is 9.42. The van der Waals surface area contributed by atoms with Crippen molar-refractivity contribution in [1.82, 2.24) is 9.78 Å². The van der Waals surface area contributed by atoms with Crippen molar-refractivity contribution < 1.29 is 14.0 Å². The summed E-state index contributed by atoms with van der Waals surface area (Å²) in [4.78, 5) is 5.01. The molecule has 0 fully saturated rings. The first-order valence-electron chi connectivity index (χ1n) is 8.36. The van der Waals surface area contributed by atoms with Crippen molar-refractivity contribution in [2.75, 3.05) is 6.61 Å². The van der Waals surface area contributed by atoms with Gasteiger partial charge in [-0.2, -0.15) is 5.10 Å². The van der Waals surface area contributed by atoms with E-state index in [4.69, 9.17) is 9.57 Å². The van der Waals surface area contributed by atoms with Crippen LogP contribution in [0.1, 0.15) is 31.5 Å². The molecule has 0 saturated carbocycles. The number of halogens is 1. The SMILES string of the molecule is CCC(C)Oc1c(C=NOCC(F)=CC#C[Si](C)(C)C)c(C)nn1C. The van der Waals surface area contributed by atoms with Gasteiger partial charge in [-0.25, -0.2) is 9.07 Å². The predicted molar refractivity (Wildman–Crippen MR) is 102 cm³/mol. The van der Waals surface area contributed by atoms with E-state index in [1.807, 2.05) is 27.8 Å². The van der Waals surface area contributed by atoms with Gasteiger partial charge < -0.3 is 9.57 Å². The van der Waals surface area contributed by atoms with Gasteiger partial charge in [0.25, 0.3) is 0 Å². The lowest BCUT2D eigenvalue weighted by Crippen LogP contribution is -2.16. The zero-order chi connectivity index (χ0) is 19.0. The quantitative estimate of drug-likeness (QED) is 0.318. The Kier molecular flexibility index (Phi) is 7.90. The molecule has 1 aromatic rings. The van der Waals surface area contributed by atoms with E-state index >= 15 is 0 Å². The van der Waals surface area contributed by atoms with E-state index in [0.29, 0.717) is 5.88 Å². The zero-order valence-corrected chi connectivity index (χ0v) is 17.2. The molecule has 0 aliphatic heterocycles. The summed E-state index contributed by atoms with van der Waals surface area (Å²) in [6.45, 7) is 11.9. The minimum Gasteiger partial charge on any atom is -0.474 e. The van der Waals surface area contributed by atoms with Gasteiger partial charge in [0.05, 0.1) is 23.6 Å². The maximum Gasteiger partial charge on any atom is 0.221 e. The van der Waals surface area contributed by atoms with Crippen molar-refractivity contribution in [3.8, 4) is 17.3 Å². The normalized spacial score (nSPS) is 13.5. The average Bonchev–Trinajstić information content (AvgIpc) is 2.76. The second-order valence-corrected chi connectivity index (χ2v) is 11.6. The molecule has 0 radical (unpaired) electrons. The van der Waals surface area contributed by atoms with Crippen molar-refractivity contribution in [3.05, 3.63) is 23.2 Å². The number of aromatic nitrogens is 2. The van der Waals surface area contributed by atoms with Gasteiger partial charge in [-0.05, 0) is 20.3 Å². The van der Waals surface area contributed by atoms with Crippen molar-refractivity contribution in [1.29, 1.82) is 0 Å². The number of oxime groups is 1. The minimum absolute atomic E-state index is 0.0631. The topological polar surface area (TPSA) is 48.6 Å². The highest BCUT2D eigenvalue weighted by Crippen LogP contribution is 2.21. The lowest BCUT2D eigenvalue weighted by atomic mass is 10.2. The van der Waals surface area contributed by atoms with Gasteiger partial charge >= 0.3 is 0 Å². The molecule has 0 saturated heterocycles. The third-order valence-electron chi connectivity index (χ3n) is 3.24. The molecule has 0 amide bonds. The second-order valence-electron chi connectivity index (χ2n) is 6.88. The molecular weight excluding hydrogens is 337 g/mol. The van der Waals surface area contributed by atoms with Crippen molar-refractivity contribution in [3.63, 3.8) is 0 Å². The summed E-state index contributed by atoms with van der Waals surface area (Å²) in [5, 5.41) is 8.15. The maximum atomic E-state index is 13.6. The highest BCUT2D eigenvalue weighted by molar-refractivity contribution is 6.83. The van der Waals surface area contributed by atoms with Gasteiger partial charge in [0.2, 0.25) is 5.88 Å². The lowest BCUT2D eigenvalue weighted by Gasteiger charge is -2.13. The van der Waals surface area contributed by atoms with Crippen LogP contribution in [0.15, 0.2) is 17.1 Å². The molecule has 5 nitrogen and oxygen atoms in total. The number of aryl methyl sites for hydroxylation is 2. The highest BCUT2D eigenvalue weighted by Gasteiger charge is 2.15. The van der Waals surface area contributed by atoms with E-state index in [9.17, 15) is 4.39 Å². The van der Waals surface area contributed by atoms with Crippen molar-refractivity contribution in [2.24, 2.45) is 12.2 Å². The first-order chi connectivity index (χ1) is 11.6. The Morgan fingerprint density at radius 3 is 2.72 bits per heavy atom. The number of hydrogen-bond acceptors (Lipinski definition) is 4. The molecule has 1 unspecified atom stereocenters. The largest absolute Gasteiger partial charge is 0.474 e. The smallest absolute Gasteiger partial charge is 0.221 e. The van der Waals surface area contributed by atoms with Gasteiger partial charge in [-0.3, -0.25) is 0 Å². The summed E-state index contributed by atoms with van der Waals surface area (Å²) in [7, 11) is 0.309. The molecule has 0 aliphatic carbocycles. The van der Waals surface area contributed by atoms with Crippen LogP contribution in [0.25, 0.3) is 0 Å². The first kappa shape index (κ1) is 21.0. The van der Waals surface area contributed by atoms with E-state index in [0.717, 1.165) is 17.7 Å². The Morgan fingerprint density at radius 1 is 1.44 bits per heavy atom. The van der Waals surface area contributed by atoms with Gasteiger partial charge in [-0.1, -0.05) is 37.6 Å². The van der Waals surface area contributed by atoms with Crippen LogP contribution in [0.5, 0.6) is 5.88 Å². The van der Waals surface area contributed by atoms with Crippen LogP contribution >= 0.6 is 0 Å². The van der Waals surface area contributed by atoms with E-state index < -0.39 is 13.9 Å². The van der Waals surface area contributed by atoms with E-state index in [2.05, 4.69) is 41.4 Å². The summed E-state index contributed by atoms with van der Waals surface area (Å²) in [6.07, 6.45) is 3.68. The van der Waals surface area contributed by atoms with Crippen LogP contribution in [0.4, 0.5) is 4.39 Å². The summed E-state index contributed by atoms with van der Waals surface area (Å²) < 4.78 is 21.1. The van der Waals surface area contributed by atoms with E-state index in [-0.39, 0.29) is 12.7 Å². The van der Waals surface area contributed by atoms with Crippen LogP contribution in [-0.4, -0.2) is 36.8 Å². The summed E-state index contributed by atoms with van der Waals surface area (Å²) in [5.41, 5.74) is 4.56. The fraction of sp³-hybridized carbons (Fsp3) is 0.556. The highest BCUT2D eigenvalue weighted by atomic mass is 28.3. The van der Waals surface area contributed by atoms with Gasteiger partial charge in [0.15, 0.2) is 6.61 Å². The van der Waals surface area contributed by atoms with Gasteiger partial charge in [-0.15, -0.1) is 5.54 Å². The van der Waals surface area contributed by atoms with Crippen LogP contribution < -0.4 is 4.74 Å². The van der Waals surface area contributed by atoms with Crippen LogP contribution in [0, 0.1) is 18.4 Å². The van der Waals surface area contributed by atoms with Gasteiger partial charge in [0.1, 0.15) is 13.9 Å². The Bertz CT molecular complexity index is 694. The summed E-state index contributed by atoms with van der Waals surface area (Å²) in [5.74, 6) is 2.91. The molecule has 0 N–H and O–H groups in total. The first-order valence-corrected chi connectivity index (χ1v) is 11.9. The standard InChI is InChI=1S/C18H28FN3O2Si/c1-8-14(2)24-18-17(15(3)21-22(18)4)12-20-23-13-16(19)10-9-11-25(5,6)7/h10,12,14H,8,13H2,1-7H3. The Hall–Kier alpha value is -2.07. The molecule has 1 heterocycles. The van der Waals surface area contributed by atoms with Crippen molar-refractivity contribution in [2.45, 2.75) is 52.9 Å². The molecule has 138 valence electrons. The lowest BCUT2D eigenvalue weighted by molar-refractivity contribution is 0.154. The molecule has 0 spiro atoms. The molecule has 0 aliphatic rings. The zero-order valence-electron chi connectivity index (χ0n) is 16.2. The maximum absolute atomic E-state index is 13.6. The number of allylic oxidation sites excluding steroid dienone is 1. The fourth-order valence-electron chi connectivity index (χ4n) is 1.78. The molecule has 1 aromatic heterocycles. The third kappa shape index (κ3) is 7.56. The average molecular weight is 366 g/mol. The molecular formula is C18H28FN3O2Si. The third-order valence-corrected chi connectivity index (χ3v) is 4.13. The van der Waals surface area contributed by atoms with Crippen LogP contribution in [-0.2, 0) is 11.9 Å². The van der Waals surface area contributed by atoms with Crippen LogP contribution in [0.3, 0.4) is 0 Å². The Labute approximate surface area is 150 Å². The number of nitrogens with zero attached hydrogens (tertiary/aromatic N) is 3. The Morgan fingerprint density at radius 2 is 2.12 bits per heavy atom. The monoisotopic (exact) mass is 365 g/mol.